The van der Waals surface area contributed by atoms with Gasteiger partial charge in [-0.15, -0.1) is 23.2 Å². The van der Waals surface area contributed by atoms with E-state index in [1.54, 1.807) is 0 Å². The van der Waals surface area contributed by atoms with Crippen LogP contribution < -0.4 is 5.73 Å². The number of alkyl halides is 2. The predicted octanol–water partition coefficient (Wildman–Crippen LogP) is 3.90. The summed E-state index contributed by atoms with van der Waals surface area (Å²) in [5.74, 6) is 0.990. The minimum absolute atomic E-state index is 0.484. The Bertz CT molecular complexity index is 494. The summed E-state index contributed by atoms with van der Waals surface area (Å²) in [5.41, 5.74) is 8.83. The fourth-order valence-corrected chi connectivity index (χ4v) is 1.98. The lowest BCUT2D eigenvalue weighted by Crippen LogP contribution is -1.91. The van der Waals surface area contributed by atoms with E-state index in [4.69, 9.17) is 28.9 Å². The molecule has 0 atom stereocenters. The quantitative estimate of drug-likeness (QED) is 0.625. The summed E-state index contributed by atoms with van der Waals surface area (Å²) in [4.78, 5) is 0. The van der Waals surface area contributed by atoms with Crippen molar-refractivity contribution in [3.8, 4) is 0 Å². The summed E-state index contributed by atoms with van der Waals surface area (Å²) in [5, 5.41) is 2.15. The third-order valence-corrected chi connectivity index (χ3v) is 3.04. The van der Waals surface area contributed by atoms with Crippen LogP contribution in [0.1, 0.15) is 11.1 Å². The van der Waals surface area contributed by atoms with Crippen LogP contribution in [0.4, 0.5) is 5.69 Å². The zero-order valence-corrected chi connectivity index (χ0v) is 9.65. The average molecular weight is 240 g/mol. The minimum Gasteiger partial charge on any atom is -0.398 e. The third-order valence-electron chi connectivity index (χ3n) is 2.42. The summed E-state index contributed by atoms with van der Waals surface area (Å²) in [6.07, 6.45) is 0. The van der Waals surface area contributed by atoms with Crippen molar-refractivity contribution in [1.82, 2.24) is 0 Å². The first-order chi connectivity index (χ1) is 7.24. The van der Waals surface area contributed by atoms with Gasteiger partial charge in [-0.25, -0.2) is 0 Å². The second-order valence-electron chi connectivity index (χ2n) is 3.51. The van der Waals surface area contributed by atoms with Crippen LogP contribution in [0, 0.1) is 0 Å². The molecular formula is C12H11Cl2N. The fourth-order valence-electron chi connectivity index (χ4n) is 1.66. The molecule has 0 aliphatic rings. The lowest BCUT2D eigenvalue weighted by atomic mass is 10.0. The maximum Gasteiger partial charge on any atom is 0.0475 e. The molecule has 78 valence electrons. The van der Waals surface area contributed by atoms with Gasteiger partial charge in [0.15, 0.2) is 0 Å². The number of halogens is 2. The highest BCUT2D eigenvalue weighted by molar-refractivity contribution is 6.17. The molecule has 0 spiro atoms. The number of benzene rings is 2. The molecule has 2 rings (SSSR count). The van der Waals surface area contributed by atoms with Crippen LogP contribution in [0.3, 0.4) is 0 Å². The minimum atomic E-state index is 0.484. The van der Waals surface area contributed by atoms with Crippen molar-refractivity contribution in [2.45, 2.75) is 11.8 Å². The molecule has 0 bridgehead atoms. The van der Waals surface area contributed by atoms with E-state index in [9.17, 15) is 0 Å². The highest BCUT2D eigenvalue weighted by Crippen LogP contribution is 2.25. The van der Waals surface area contributed by atoms with Gasteiger partial charge in [0.2, 0.25) is 0 Å². The first-order valence-electron chi connectivity index (χ1n) is 4.67. The molecule has 0 aliphatic heterocycles. The van der Waals surface area contributed by atoms with Crippen molar-refractivity contribution in [3.63, 3.8) is 0 Å². The highest BCUT2D eigenvalue weighted by atomic mass is 35.5. The monoisotopic (exact) mass is 239 g/mol. The van der Waals surface area contributed by atoms with E-state index in [0.717, 1.165) is 27.6 Å². The molecule has 2 aromatic carbocycles. The zero-order valence-electron chi connectivity index (χ0n) is 8.13. The molecule has 2 aromatic rings. The molecule has 0 amide bonds. The van der Waals surface area contributed by atoms with Crippen molar-refractivity contribution in [3.05, 3.63) is 41.5 Å². The largest absolute Gasteiger partial charge is 0.398 e. The second-order valence-corrected chi connectivity index (χ2v) is 4.04. The third kappa shape index (κ3) is 2.04. The van der Waals surface area contributed by atoms with Crippen LogP contribution in [0.25, 0.3) is 10.8 Å². The normalized spacial score (nSPS) is 10.8. The Morgan fingerprint density at radius 3 is 2.33 bits per heavy atom. The van der Waals surface area contributed by atoms with Crippen LogP contribution in [-0.2, 0) is 11.8 Å². The maximum absolute atomic E-state index is 5.95. The van der Waals surface area contributed by atoms with Crippen LogP contribution in [0.5, 0.6) is 0 Å². The van der Waals surface area contributed by atoms with Crippen molar-refractivity contribution in [1.29, 1.82) is 0 Å². The average Bonchev–Trinajstić information content (AvgIpc) is 2.28. The van der Waals surface area contributed by atoms with Gasteiger partial charge in [0.1, 0.15) is 0 Å². The van der Waals surface area contributed by atoms with Gasteiger partial charge in [0.25, 0.3) is 0 Å². The zero-order chi connectivity index (χ0) is 10.8. The standard InChI is InChI=1S/C12H11Cl2N/c13-6-8-1-2-10-3-9(7-14)5-12(15)11(10)4-8/h1-5H,6-7,15H2. The fraction of sp³-hybridized carbons (Fsp3) is 0.167. The van der Waals surface area contributed by atoms with Gasteiger partial charge in [-0.1, -0.05) is 12.1 Å². The van der Waals surface area contributed by atoms with E-state index in [1.165, 1.54) is 0 Å². The summed E-state index contributed by atoms with van der Waals surface area (Å²) in [7, 11) is 0. The van der Waals surface area contributed by atoms with Gasteiger partial charge >= 0.3 is 0 Å². The molecule has 0 heterocycles. The van der Waals surface area contributed by atoms with Crippen molar-refractivity contribution >= 4 is 39.7 Å². The maximum atomic E-state index is 5.95. The molecule has 1 nitrogen and oxygen atoms in total. The number of anilines is 1. The lowest BCUT2D eigenvalue weighted by molar-refractivity contribution is 1.40. The Hall–Kier alpha value is -0.920. The summed E-state index contributed by atoms with van der Waals surface area (Å²) >= 11 is 11.6. The van der Waals surface area contributed by atoms with E-state index >= 15 is 0 Å². The lowest BCUT2D eigenvalue weighted by Gasteiger charge is -2.06. The van der Waals surface area contributed by atoms with E-state index in [-0.39, 0.29) is 0 Å². The molecule has 0 saturated carbocycles. The van der Waals surface area contributed by atoms with Crippen LogP contribution >= 0.6 is 23.2 Å². The SMILES string of the molecule is Nc1cc(CCl)cc2ccc(CCl)cc12. The summed E-state index contributed by atoms with van der Waals surface area (Å²) in [6, 6.07) is 10.0. The molecule has 0 aromatic heterocycles. The Kier molecular flexibility index (Phi) is 3.03. The second kappa shape index (κ2) is 4.30. The molecular weight excluding hydrogens is 229 g/mol. The van der Waals surface area contributed by atoms with Crippen molar-refractivity contribution < 1.29 is 0 Å². The molecule has 15 heavy (non-hydrogen) atoms. The number of nitrogens with two attached hydrogens (primary N) is 1. The Balaban J connectivity index is 2.68. The first kappa shape index (κ1) is 10.6. The Labute approximate surface area is 98.8 Å². The van der Waals surface area contributed by atoms with Gasteiger partial charge in [0, 0.05) is 22.8 Å². The van der Waals surface area contributed by atoms with Crippen molar-refractivity contribution in [2.75, 3.05) is 5.73 Å². The van der Waals surface area contributed by atoms with Gasteiger partial charge < -0.3 is 5.73 Å². The molecule has 0 saturated heterocycles. The van der Waals surface area contributed by atoms with Crippen LogP contribution in [-0.4, -0.2) is 0 Å². The number of nitrogen functional groups attached to an aromatic ring is 1. The predicted molar refractivity (Wildman–Crippen MR) is 67.5 cm³/mol. The van der Waals surface area contributed by atoms with Gasteiger partial charge in [0.05, 0.1) is 0 Å². The van der Waals surface area contributed by atoms with Crippen LogP contribution in [0.15, 0.2) is 30.3 Å². The number of hydrogen-bond acceptors (Lipinski definition) is 1. The van der Waals surface area contributed by atoms with Gasteiger partial charge in [-0.2, -0.15) is 0 Å². The molecule has 0 unspecified atom stereocenters. The number of fused-ring (bicyclic) bond motifs is 1. The molecule has 0 fully saturated rings. The van der Waals surface area contributed by atoms with Gasteiger partial charge in [-0.3, -0.25) is 0 Å². The van der Waals surface area contributed by atoms with E-state index in [2.05, 4.69) is 6.07 Å². The summed E-state index contributed by atoms with van der Waals surface area (Å²) in [6.45, 7) is 0. The Morgan fingerprint density at radius 2 is 1.67 bits per heavy atom. The molecule has 3 heteroatoms. The number of hydrogen-bond donors (Lipinski definition) is 1. The van der Waals surface area contributed by atoms with E-state index < -0.39 is 0 Å². The smallest absolute Gasteiger partial charge is 0.0475 e. The van der Waals surface area contributed by atoms with E-state index in [1.807, 2.05) is 24.3 Å². The van der Waals surface area contributed by atoms with Gasteiger partial charge in [-0.05, 0) is 34.7 Å². The van der Waals surface area contributed by atoms with Crippen LogP contribution in [0.2, 0.25) is 0 Å². The molecule has 0 radical (unpaired) electrons. The first-order valence-corrected chi connectivity index (χ1v) is 5.74. The molecule has 0 aliphatic carbocycles. The topological polar surface area (TPSA) is 26.0 Å². The Morgan fingerprint density at radius 1 is 0.933 bits per heavy atom. The molecule has 2 N–H and O–H groups in total. The van der Waals surface area contributed by atoms with E-state index in [0.29, 0.717) is 11.8 Å². The highest BCUT2D eigenvalue weighted by Gasteiger charge is 2.02. The van der Waals surface area contributed by atoms with Crippen molar-refractivity contribution in [2.24, 2.45) is 0 Å². The number of rotatable bonds is 2. The summed E-state index contributed by atoms with van der Waals surface area (Å²) < 4.78 is 0.